The lowest BCUT2D eigenvalue weighted by molar-refractivity contribution is -0.137. The molecule has 2 nitrogen and oxygen atoms in total. The smallest absolute Gasteiger partial charge is 0.331 e. The van der Waals surface area contributed by atoms with Gasteiger partial charge in [-0.2, -0.15) is 0 Å². The molecule has 0 amide bonds. The normalized spacial score (nSPS) is 9.62. The first-order valence-corrected chi connectivity index (χ1v) is 4.83. The molecule has 0 saturated heterocycles. The van der Waals surface area contributed by atoms with Crippen LogP contribution in [0.4, 0.5) is 4.39 Å². The molecule has 0 N–H and O–H groups in total. The van der Waals surface area contributed by atoms with Crippen molar-refractivity contribution in [3.63, 3.8) is 0 Å². The number of ether oxygens (including phenoxy) is 1. The van der Waals surface area contributed by atoms with Crippen LogP contribution >= 0.6 is 0 Å². The first kappa shape index (κ1) is 12.0. The summed E-state index contributed by atoms with van der Waals surface area (Å²) in [6.45, 7) is 2.06. The fourth-order valence-corrected chi connectivity index (χ4v) is 0.991. The molecule has 0 atom stereocenters. The van der Waals surface area contributed by atoms with E-state index in [1.807, 2.05) is 0 Å². The van der Waals surface area contributed by atoms with Gasteiger partial charge in [-0.1, -0.05) is 17.9 Å². The fraction of sp³-hybridized carbons (Fsp3) is 0.154. The maximum atomic E-state index is 12.7. The van der Waals surface area contributed by atoms with Gasteiger partial charge in [-0.05, 0) is 31.2 Å². The SMILES string of the molecule is CCOC(=O)/C=C\C#Cc1cccc(F)c1. The Hall–Kier alpha value is -2.08. The summed E-state index contributed by atoms with van der Waals surface area (Å²) < 4.78 is 17.4. The van der Waals surface area contributed by atoms with Crippen molar-refractivity contribution < 1.29 is 13.9 Å². The zero-order valence-corrected chi connectivity index (χ0v) is 8.87. The van der Waals surface area contributed by atoms with Crippen molar-refractivity contribution in [3.05, 3.63) is 47.8 Å². The lowest BCUT2D eigenvalue weighted by atomic mass is 10.2. The minimum Gasteiger partial charge on any atom is -0.463 e. The molecule has 0 bridgehead atoms. The third-order valence-electron chi connectivity index (χ3n) is 1.63. The quantitative estimate of drug-likeness (QED) is 0.432. The molecule has 0 unspecified atom stereocenters. The zero-order valence-electron chi connectivity index (χ0n) is 8.87. The second-order valence-corrected chi connectivity index (χ2v) is 2.87. The second-order valence-electron chi connectivity index (χ2n) is 2.87. The summed E-state index contributed by atoms with van der Waals surface area (Å²) in [5.74, 6) is 4.55. The summed E-state index contributed by atoms with van der Waals surface area (Å²) in [5.41, 5.74) is 0.563. The Kier molecular flexibility index (Phi) is 4.81. The predicted molar refractivity (Wildman–Crippen MR) is 59.1 cm³/mol. The topological polar surface area (TPSA) is 26.3 Å². The number of carbonyl (C=O) groups excluding carboxylic acids is 1. The molecule has 0 aliphatic heterocycles. The Balaban J connectivity index is 2.59. The highest BCUT2D eigenvalue weighted by atomic mass is 19.1. The summed E-state index contributed by atoms with van der Waals surface area (Å²) in [6.07, 6.45) is 2.61. The fourth-order valence-electron chi connectivity index (χ4n) is 0.991. The minimum absolute atomic E-state index is 0.332. The van der Waals surface area contributed by atoms with Crippen LogP contribution in [-0.2, 0) is 9.53 Å². The van der Waals surface area contributed by atoms with Gasteiger partial charge in [0, 0.05) is 11.6 Å². The highest BCUT2D eigenvalue weighted by Gasteiger charge is 1.91. The first-order valence-electron chi connectivity index (χ1n) is 4.83. The first-order chi connectivity index (χ1) is 7.72. The minimum atomic E-state index is -0.434. The number of hydrogen-bond acceptors (Lipinski definition) is 2. The number of rotatable bonds is 2. The molecular formula is C13H11FO2. The summed E-state index contributed by atoms with van der Waals surface area (Å²) in [5, 5.41) is 0. The monoisotopic (exact) mass is 218 g/mol. The van der Waals surface area contributed by atoms with Crippen molar-refractivity contribution in [2.75, 3.05) is 6.61 Å². The number of benzene rings is 1. The highest BCUT2D eigenvalue weighted by Crippen LogP contribution is 2.00. The largest absolute Gasteiger partial charge is 0.463 e. The number of hydrogen-bond donors (Lipinski definition) is 0. The van der Waals surface area contributed by atoms with Crippen LogP contribution in [0.1, 0.15) is 12.5 Å². The van der Waals surface area contributed by atoms with Crippen LogP contribution in [-0.4, -0.2) is 12.6 Å². The van der Waals surface area contributed by atoms with Crippen LogP contribution in [0.15, 0.2) is 36.4 Å². The van der Waals surface area contributed by atoms with E-state index in [-0.39, 0.29) is 5.82 Å². The maximum Gasteiger partial charge on any atom is 0.331 e. The van der Waals surface area contributed by atoms with E-state index in [9.17, 15) is 9.18 Å². The number of halogens is 1. The van der Waals surface area contributed by atoms with Gasteiger partial charge in [0.25, 0.3) is 0 Å². The van der Waals surface area contributed by atoms with E-state index in [2.05, 4.69) is 16.6 Å². The number of esters is 1. The molecule has 1 rings (SSSR count). The molecular weight excluding hydrogens is 207 g/mol. The Bertz CT molecular complexity index is 452. The van der Waals surface area contributed by atoms with Crippen molar-refractivity contribution in [1.29, 1.82) is 0 Å². The average Bonchev–Trinajstić information content (AvgIpc) is 2.25. The van der Waals surface area contributed by atoms with Crippen molar-refractivity contribution >= 4 is 5.97 Å². The molecule has 16 heavy (non-hydrogen) atoms. The molecule has 0 aromatic heterocycles. The van der Waals surface area contributed by atoms with Gasteiger partial charge >= 0.3 is 5.97 Å². The Morgan fingerprint density at radius 2 is 2.38 bits per heavy atom. The van der Waals surface area contributed by atoms with E-state index in [1.165, 1.54) is 24.3 Å². The van der Waals surface area contributed by atoms with Crippen LogP contribution in [0, 0.1) is 17.7 Å². The Morgan fingerprint density at radius 3 is 3.06 bits per heavy atom. The molecule has 0 radical (unpaired) electrons. The summed E-state index contributed by atoms with van der Waals surface area (Å²) in [4.78, 5) is 10.9. The van der Waals surface area contributed by atoms with Gasteiger partial charge in [-0.3, -0.25) is 0 Å². The zero-order chi connectivity index (χ0) is 11.8. The van der Waals surface area contributed by atoms with Crippen molar-refractivity contribution in [1.82, 2.24) is 0 Å². The second kappa shape index (κ2) is 6.41. The highest BCUT2D eigenvalue weighted by molar-refractivity contribution is 5.82. The lowest BCUT2D eigenvalue weighted by Crippen LogP contribution is -1.98. The lowest BCUT2D eigenvalue weighted by Gasteiger charge is -1.92. The molecule has 0 aliphatic carbocycles. The van der Waals surface area contributed by atoms with Gasteiger partial charge in [-0.15, -0.1) is 0 Å². The van der Waals surface area contributed by atoms with Gasteiger partial charge in [0.1, 0.15) is 5.82 Å². The van der Waals surface area contributed by atoms with Crippen molar-refractivity contribution in [3.8, 4) is 11.8 Å². The summed E-state index contributed by atoms with van der Waals surface area (Å²) >= 11 is 0. The Morgan fingerprint density at radius 1 is 1.56 bits per heavy atom. The third-order valence-corrected chi connectivity index (χ3v) is 1.63. The van der Waals surface area contributed by atoms with Gasteiger partial charge < -0.3 is 4.74 Å². The van der Waals surface area contributed by atoms with E-state index in [4.69, 9.17) is 0 Å². The van der Waals surface area contributed by atoms with E-state index in [1.54, 1.807) is 19.1 Å². The van der Waals surface area contributed by atoms with Crippen LogP contribution in [0.25, 0.3) is 0 Å². The van der Waals surface area contributed by atoms with Gasteiger partial charge in [0.2, 0.25) is 0 Å². The molecule has 0 spiro atoms. The molecule has 0 fully saturated rings. The number of allylic oxidation sites excluding steroid dienone is 1. The van der Waals surface area contributed by atoms with E-state index < -0.39 is 5.97 Å². The molecule has 1 aromatic rings. The molecule has 0 saturated carbocycles. The van der Waals surface area contributed by atoms with E-state index in [0.29, 0.717) is 12.2 Å². The summed E-state index contributed by atoms with van der Waals surface area (Å²) in [6, 6.07) is 5.94. The Labute approximate surface area is 93.7 Å². The average molecular weight is 218 g/mol. The maximum absolute atomic E-state index is 12.7. The standard InChI is InChI=1S/C13H11FO2/c1-2-16-13(15)9-4-3-6-11-7-5-8-12(14)10-11/h4-5,7-10H,2H2,1H3/b9-4-. The van der Waals surface area contributed by atoms with Crippen molar-refractivity contribution in [2.24, 2.45) is 0 Å². The third kappa shape index (κ3) is 4.43. The number of carbonyl (C=O) groups is 1. The molecule has 82 valence electrons. The molecule has 0 heterocycles. The van der Waals surface area contributed by atoms with E-state index in [0.717, 1.165) is 0 Å². The van der Waals surface area contributed by atoms with Crippen LogP contribution in [0.5, 0.6) is 0 Å². The molecule has 0 aliphatic rings. The van der Waals surface area contributed by atoms with Crippen LogP contribution < -0.4 is 0 Å². The predicted octanol–water partition coefficient (Wildman–Crippen LogP) is 2.30. The molecule has 3 heteroatoms. The van der Waals surface area contributed by atoms with Crippen molar-refractivity contribution in [2.45, 2.75) is 6.92 Å². The van der Waals surface area contributed by atoms with E-state index >= 15 is 0 Å². The van der Waals surface area contributed by atoms with Gasteiger partial charge in [0.05, 0.1) is 6.61 Å². The van der Waals surface area contributed by atoms with Crippen LogP contribution in [0.2, 0.25) is 0 Å². The molecule has 1 aromatic carbocycles. The van der Waals surface area contributed by atoms with Gasteiger partial charge in [0.15, 0.2) is 0 Å². The summed E-state index contributed by atoms with van der Waals surface area (Å²) in [7, 11) is 0. The van der Waals surface area contributed by atoms with Crippen LogP contribution in [0.3, 0.4) is 0 Å². The van der Waals surface area contributed by atoms with Gasteiger partial charge in [-0.25, -0.2) is 9.18 Å².